The number of benzene rings is 3. The fourth-order valence-corrected chi connectivity index (χ4v) is 10.8. The van der Waals surface area contributed by atoms with Crippen molar-refractivity contribution in [1.82, 2.24) is 25.4 Å². The minimum Gasteiger partial charge on any atom is -0.493 e. The molecule has 5 atom stereocenters. The van der Waals surface area contributed by atoms with Gasteiger partial charge in [-0.2, -0.15) is 0 Å². The van der Waals surface area contributed by atoms with Crippen molar-refractivity contribution in [3.63, 3.8) is 0 Å². The molecular formula is C55H70F3N5O6S. The average molecular weight is 986 g/mol. The molecule has 70 heavy (non-hydrogen) atoms. The molecule has 0 saturated carbocycles. The summed E-state index contributed by atoms with van der Waals surface area (Å²) in [7, 11) is 0. The maximum absolute atomic E-state index is 16.2. The van der Waals surface area contributed by atoms with E-state index < -0.39 is 64.4 Å². The Bertz CT molecular complexity index is 2530. The monoisotopic (exact) mass is 985 g/mol. The number of fused-ring (bicyclic) bond motifs is 2. The van der Waals surface area contributed by atoms with Gasteiger partial charge >= 0.3 is 0 Å². The summed E-state index contributed by atoms with van der Waals surface area (Å²) in [5, 5.41) is 16.5. The van der Waals surface area contributed by atoms with E-state index in [9.17, 15) is 19.5 Å². The first kappa shape index (κ1) is 52.7. The summed E-state index contributed by atoms with van der Waals surface area (Å²) < 4.78 is 59.4. The summed E-state index contributed by atoms with van der Waals surface area (Å²) in [6, 6.07) is 15.5. The number of unbranched alkanes of at least 4 members (excludes halogenated alkanes) is 3. The minimum atomic E-state index is -1.58. The van der Waals surface area contributed by atoms with Gasteiger partial charge in [-0.15, -0.1) is 11.3 Å². The zero-order chi connectivity index (χ0) is 50.7. The Kier molecular flexibility index (Phi) is 16.4. The number of hydrogen-bond donors (Lipinski definition) is 3. The Morgan fingerprint density at radius 2 is 1.61 bits per heavy atom. The quantitative estimate of drug-likeness (QED) is 0.0792. The van der Waals surface area contributed by atoms with Crippen LogP contribution in [0.3, 0.4) is 0 Å². The standard InChI is InChI=1S/C55H70F3N5O6S/c1-33-24-41-40-17-13-12-16-37(40)25-42(41)47(63(33)31-54(6,7)58)46-43(56)27-39(28-44(46)57)68-22-14-10-11-15-23-69-55(8,9)52(67)61-49(53(3,4)5)51(66)62-30-38(64)26-45(62)50(65)59-29-35-18-20-36(21-19-35)48-34(2)60-32-70-48/h12-13,16-21,27-28,32-33,38,45,47,49,64H,10-11,14-15,22-26,29-31H2,1-9H3,(H,59,65)(H,61,67)/t33-,38-,45+,47+,49-/m1/s1. The number of likely N-dealkylation sites (tertiary alicyclic amines) is 1. The number of nitrogens with one attached hydrogen (secondary N) is 2. The molecule has 378 valence electrons. The van der Waals surface area contributed by atoms with Gasteiger partial charge < -0.3 is 30.1 Å². The van der Waals surface area contributed by atoms with Crippen molar-refractivity contribution in [2.45, 2.75) is 155 Å². The van der Waals surface area contributed by atoms with Crippen LogP contribution in [0.4, 0.5) is 13.2 Å². The first-order valence-electron chi connectivity index (χ1n) is 24.6. The van der Waals surface area contributed by atoms with Crippen molar-refractivity contribution in [2.24, 2.45) is 5.41 Å². The molecule has 3 N–H and O–H groups in total. The third-order valence-corrected chi connectivity index (χ3v) is 14.7. The third-order valence-electron chi connectivity index (χ3n) is 13.7. The van der Waals surface area contributed by atoms with Crippen molar-refractivity contribution in [1.29, 1.82) is 0 Å². The van der Waals surface area contributed by atoms with Crippen LogP contribution in [0.1, 0.15) is 128 Å². The molecule has 3 heterocycles. The number of rotatable bonds is 19. The molecule has 0 bridgehead atoms. The Balaban J connectivity index is 0.871. The zero-order valence-electron chi connectivity index (χ0n) is 42.1. The maximum Gasteiger partial charge on any atom is 0.252 e. The number of alkyl halides is 1. The minimum absolute atomic E-state index is 0.0269. The number of amides is 3. The number of halogens is 3. The van der Waals surface area contributed by atoms with Crippen molar-refractivity contribution in [2.75, 3.05) is 26.3 Å². The first-order chi connectivity index (χ1) is 33.0. The van der Waals surface area contributed by atoms with Crippen LogP contribution >= 0.6 is 11.3 Å². The number of hydrogen-bond acceptors (Lipinski definition) is 9. The lowest BCUT2D eigenvalue weighted by Crippen LogP contribution is -2.60. The molecule has 4 aromatic rings. The van der Waals surface area contributed by atoms with Crippen LogP contribution in [-0.2, 0) is 32.1 Å². The van der Waals surface area contributed by atoms with E-state index in [-0.39, 0.29) is 62.5 Å². The molecule has 1 aromatic heterocycles. The number of aromatic nitrogens is 1. The number of aliphatic hydroxyl groups excluding tert-OH is 1. The summed E-state index contributed by atoms with van der Waals surface area (Å²) in [6.07, 6.45) is 3.13. The Morgan fingerprint density at radius 1 is 0.943 bits per heavy atom. The van der Waals surface area contributed by atoms with E-state index in [0.717, 1.165) is 56.8 Å². The second-order valence-electron chi connectivity index (χ2n) is 21.5. The van der Waals surface area contributed by atoms with Crippen LogP contribution in [0, 0.1) is 24.0 Å². The molecule has 0 unspecified atom stereocenters. The van der Waals surface area contributed by atoms with E-state index in [2.05, 4.69) is 21.7 Å². The van der Waals surface area contributed by atoms with Crippen LogP contribution in [0.15, 0.2) is 71.7 Å². The molecule has 3 aromatic carbocycles. The van der Waals surface area contributed by atoms with E-state index in [4.69, 9.17) is 9.47 Å². The van der Waals surface area contributed by atoms with Crippen molar-refractivity contribution in [3.05, 3.63) is 111 Å². The largest absolute Gasteiger partial charge is 0.493 e. The van der Waals surface area contributed by atoms with Crippen LogP contribution in [0.2, 0.25) is 0 Å². The molecule has 11 nitrogen and oxygen atoms in total. The van der Waals surface area contributed by atoms with Gasteiger partial charge in [-0.1, -0.05) is 75.7 Å². The smallest absolute Gasteiger partial charge is 0.252 e. The summed E-state index contributed by atoms with van der Waals surface area (Å²) in [4.78, 5) is 50.2. The van der Waals surface area contributed by atoms with E-state index >= 15 is 13.2 Å². The molecule has 2 aliphatic heterocycles. The molecule has 3 aliphatic rings. The number of carbonyl (C=O) groups is 3. The average Bonchev–Trinajstić information content (AvgIpc) is 4.01. The highest BCUT2D eigenvalue weighted by Crippen LogP contribution is 2.50. The van der Waals surface area contributed by atoms with Gasteiger partial charge in [-0.05, 0) is 112 Å². The van der Waals surface area contributed by atoms with Crippen LogP contribution in [-0.4, -0.2) is 99.4 Å². The number of nitrogens with zero attached hydrogens (tertiary/aromatic N) is 3. The third kappa shape index (κ3) is 12.3. The summed E-state index contributed by atoms with van der Waals surface area (Å²) >= 11 is 1.57. The molecule has 1 saturated heterocycles. The van der Waals surface area contributed by atoms with Crippen LogP contribution < -0.4 is 15.4 Å². The van der Waals surface area contributed by atoms with Crippen LogP contribution in [0.25, 0.3) is 16.0 Å². The number of β-amino-alcohol motifs (C(OH)–C–C–N with tert-alkyl or cyclic N) is 1. The van der Waals surface area contributed by atoms with Gasteiger partial charge in [0.05, 0.1) is 34.8 Å². The van der Waals surface area contributed by atoms with Crippen molar-refractivity contribution < 1.29 is 42.1 Å². The van der Waals surface area contributed by atoms with Gasteiger partial charge in [-0.25, -0.2) is 18.2 Å². The van der Waals surface area contributed by atoms with Crippen molar-refractivity contribution in [3.8, 4) is 16.2 Å². The number of aryl methyl sites for hydroxylation is 1. The molecule has 0 spiro atoms. The summed E-state index contributed by atoms with van der Waals surface area (Å²) in [5.74, 6) is -2.69. The SMILES string of the molecule is Cc1ncsc1-c1ccc(CNC(=O)[C@@H]2C[C@@H](O)CN2C(=O)[C@@H](NC(=O)C(C)(C)OCCCCCCOc2cc(F)c([C@@H]3C4=C(C[C@@H](C)N3CC(C)(C)F)c3ccccc3C4)c(F)c2)C(C)(C)C)cc1. The lowest BCUT2D eigenvalue weighted by atomic mass is 9.84. The second kappa shape index (κ2) is 21.7. The Hall–Kier alpha value is -5.09. The van der Waals surface area contributed by atoms with E-state index in [0.29, 0.717) is 25.7 Å². The normalized spacial score (nSPS) is 20.0. The predicted molar refractivity (Wildman–Crippen MR) is 268 cm³/mol. The lowest BCUT2D eigenvalue weighted by molar-refractivity contribution is -0.150. The zero-order valence-corrected chi connectivity index (χ0v) is 42.9. The number of thiazole rings is 1. The highest BCUT2D eigenvalue weighted by molar-refractivity contribution is 7.13. The van der Waals surface area contributed by atoms with Gasteiger partial charge in [0.15, 0.2) is 0 Å². The Labute approximate surface area is 415 Å². The topological polar surface area (TPSA) is 133 Å². The molecule has 7 rings (SSSR count). The first-order valence-corrected chi connectivity index (χ1v) is 25.5. The highest BCUT2D eigenvalue weighted by atomic mass is 32.1. The van der Waals surface area contributed by atoms with E-state index in [1.807, 2.05) is 82.0 Å². The van der Waals surface area contributed by atoms with E-state index in [1.54, 1.807) is 30.7 Å². The van der Waals surface area contributed by atoms with Gasteiger partial charge in [-0.3, -0.25) is 19.3 Å². The second-order valence-corrected chi connectivity index (χ2v) is 22.3. The molecule has 0 radical (unpaired) electrons. The number of ether oxygens (including phenoxy) is 2. The molecular weight excluding hydrogens is 916 g/mol. The van der Waals surface area contributed by atoms with Gasteiger partial charge in [0.2, 0.25) is 11.8 Å². The summed E-state index contributed by atoms with van der Waals surface area (Å²) in [6.45, 7) is 16.4. The van der Waals surface area contributed by atoms with Gasteiger partial charge in [0, 0.05) is 56.4 Å². The van der Waals surface area contributed by atoms with Gasteiger partial charge in [0.1, 0.15) is 40.7 Å². The molecule has 15 heteroatoms. The van der Waals surface area contributed by atoms with Gasteiger partial charge in [0.25, 0.3) is 5.91 Å². The summed E-state index contributed by atoms with van der Waals surface area (Å²) in [5.41, 5.74) is 5.20. The number of carbonyl (C=O) groups excluding carboxylic acids is 3. The Morgan fingerprint density at radius 3 is 2.26 bits per heavy atom. The molecule has 3 amide bonds. The lowest BCUT2D eigenvalue weighted by Gasteiger charge is -2.44. The fourth-order valence-electron chi connectivity index (χ4n) is 9.98. The molecule has 1 fully saturated rings. The highest BCUT2D eigenvalue weighted by Gasteiger charge is 2.46. The van der Waals surface area contributed by atoms with Crippen LogP contribution in [0.5, 0.6) is 5.75 Å². The predicted octanol–water partition coefficient (Wildman–Crippen LogP) is 9.83. The molecule has 1 aliphatic carbocycles. The maximum atomic E-state index is 16.2. The number of aliphatic hydroxyl groups is 1. The van der Waals surface area contributed by atoms with E-state index in [1.165, 1.54) is 30.9 Å². The fraction of sp³-hybridized carbons (Fsp3) is 0.527. The van der Waals surface area contributed by atoms with Crippen molar-refractivity contribution >= 4 is 34.6 Å².